The van der Waals surface area contributed by atoms with Gasteiger partial charge >= 0.3 is 35.6 Å². The Morgan fingerprint density at radius 2 is 1.61 bits per heavy atom. The van der Waals surface area contributed by atoms with Crippen molar-refractivity contribution in [1.29, 1.82) is 0 Å². The SMILES string of the molecule is COc1ccc(C(=O)NC2CC(C)(C)NC(C)(C)C2)cc1NC(=O)NC(=O)c1ccc(Cl)cc1Cl.[NaH]. The number of imide groups is 1. The van der Waals surface area contributed by atoms with Crippen LogP contribution in [0.5, 0.6) is 5.75 Å². The summed E-state index contributed by atoms with van der Waals surface area (Å²) >= 11 is 11.9. The van der Waals surface area contributed by atoms with Crippen molar-refractivity contribution in [1.82, 2.24) is 16.0 Å². The van der Waals surface area contributed by atoms with Crippen LogP contribution >= 0.6 is 23.2 Å². The summed E-state index contributed by atoms with van der Waals surface area (Å²) in [5.74, 6) is -0.635. The number of piperidine rings is 1. The van der Waals surface area contributed by atoms with Crippen LogP contribution in [0.25, 0.3) is 0 Å². The Balaban J connectivity index is 0.00000456. The average Bonchev–Trinajstić information content (AvgIpc) is 2.71. The maximum absolute atomic E-state index is 13.0. The second-order valence-corrected chi connectivity index (χ2v) is 10.8. The van der Waals surface area contributed by atoms with Gasteiger partial charge in [0.2, 0.25) is 0 Å². The Morgan fingerprint density at radius 1 is 0.972 bits per heavy atom. The van der Waals surface area contributed by atoms with Crippen LogP contribution in [0.4, 0.5) is 10.5 Å². The first-order valence-corrected chi connectivity index (χ1v) is 11.9. The number of anilines is 1. The molecule has 0 aliphatic carbocycles. The van der Waals surface area contributed by atoms with Crippen molar-refractivity contribution in [2.75, 3.05) is 12.4 Å². The number of hydrogen-bond acceptors (Lipinski definition) is 5. The van der Waals surface area contributed by atoms with E-state index < -0.39 is 11.9 Å². The van der Waals surface area contributed by atoms with Crippen LogP contribution in [0.1, 0.15) is 61.3 Å². The van der Waals surface area contributed by atoms with Gasteiger partial charge in [0.25, 0.3) is 11.8 Å². The van der Waals surface area contributed by atoms with Crippen LogP contribution in [0, 0.1) is 0 Å². The van der Waals surface area contributed by atoms with Crippen molar-refractivity contribution in [3.63, 3.8) is 0 Å². The number of carbonyl (C=O) groups excluding carboxylic acids is 3. The summed E-state index contributed by atoms with van der Waals surface area (Å²) in [4.78, 5) is 38.0. The Morgan fingerprint density at radius 3 is 2.19 bits per heavy atom. The fourth-order valence-electron chi connectivity index (χ4n) is 4.64. The zero-order valence-electron chi connectivity index (χ0n) is 20.3. The molecule has 1 heterocycles. The summed E-state index contributed by atoms with van der Waals surface area (Å²) < 4.78 is 5.30. The topological polar surface area (TPSA) is 109 Å². The van der Waals surface area contributed by atoms with Gasteiger partial charge in [-0.1, -0.05) is 23.2 Å². The average molecular weight is 545 g/mol. The van der Waals surface area contributed by atoms with Crippen molar-refractivity contribution in [3.05, 3.63) is 57.6 Å². The molecule has 11 heteroatoms. The third kappa shape index (κ3) is 8.10. The Labute approximate surface area is 243 Å². The summed E-state index contributed by atoms with van der Waals surface area (Å²) in [7, 11) is 1.44. The molecule has 1 fully saturated rings. The maximum atomic E-state index is 13.0. The molecule has 0 atom stereocenters. The van der Waals surface area contributed by atoms with E-state index in [9.17, 15) is 14.4 Å². The standard InChI is InChI=1S/C25H30Cl2N4O4.Na.H/c1-24(2)12-16(13-25(3,4)31-24)28-21(32)14-6-9-20(35-5)19(10-14)29-23(34)30-22(33)17-8-7-15(26)11-18(17)27;;/h6-11,16,31H,12-13H2,1-5H3,(H,28,32)(H2,29,30,33,34);;. The molecule has 0 bridgehead atoms. The number of nitrogens with one attached hydrogen (secondary N) is 4. The number of rotatable bonds is 5. The number of methoxy groups -OCH3 is 1. The van der Waals surface area contributed by atoms with Crippen LogP contribution in [0.2, 0.25) is 10.0 Å². The van der Waals surface area contributed by atoms with E-state index in [1.165, 1.54) is 31.4 Å². The third-order valence-corrected chi connectivity index (χ3v) is 6.19. The first-order chi connectivity index (χ1) is 16.3. The predicted molar refractivity (Wildman–Crippen MR) is 145 cm³/mol. The molecule has 2 aromatic rings. The van der Waals surface area contributed by atoms with Crippen LogP contribution in [-0.2, 0) is 0 Å². The van der Waals surface area contributed by atoms with Crippen molar-refractivity contribution in [2.45, 2.75) is 57.7 Å². The van der Waals surface area contributed by atoms with E-state index in [0.29, 0.717) is 16.3 Å². The van der Waals surface area contributed by atoms with Crippen molar-refractivity contribution >= 4 is 76.3 Å². The van der Waals surface area contributed by atoms with Crippen molar-refractivity contribution in [2.24, 2.45) is 0 Å². The van der Waals surface area contributed by atoms with Gasteiger partial charge in [-0.3, -0.25) is 14.9 Å². The van der Waals surface area contributed by atoms with Crippen LogP contribution in [0.3, 0.4) is 0 Å². The molecule has 0 spiro atoms. The molecule has 0 radical (unpaired) electrons. The normalized spacial score (nSPS) is 16.3. The van der Waals surface area contributed by atoms with E-state index in [2.05, 4.69) is 49.0 Å². The second-order valence-electron chi connectivity index (χ2n) is 9.92. The Bertz CT molecular complexity index is 1140. The summed E-state index contributed by atoms with van der Waals surface area (Å²) in [6.45, 7) is 8.44. The van der Waals surface area contributed by atoms with E-state index >= 15 is 0 Å². The predicted octanol–water partition coefficient (Wildman–Crippen LogP) is 4.35. The van der Waals surface area contributed by atoms with E-state index in [1.807, 2.05) is 0 Å². The molecule has 0 aromatic heterocycles. The number of urea groups is 1. The van der Waals surface area contributed by atoms with Crippen LogP contribution in [-0.4, -0.2) is 71.6 Å². The molecule has 0 saturated carbocycles. The summed E-state index contributed by atoms with van der Waals surface area (Å²) in [5.41, 5.74) is 0.438. The second kappa shape index (κ2) is 12.2. The fourth-order valence-corrected chi connectivity index (χ4v) is 5.13. The van der Waals surface area contributed by atoms with Gasteiger partial charge in [-0.15, -0.1) is 0 Å². The molecule has 1 aliphatic heterocycles. The van der Waals surface area contributed by atoms with Gasteiger partial charge < -0.3 is 20.7 Å². The molecule has 4 amide bonds. The quantitative estimate of drug-likeness (QED) is 0.418. The molecular weight excluding hydrogens is 514 g/mol. The van der Waals surface area contributed by atoms with Gasteiger partial charge in [0.1, 0.15) is 5.75 Å². The number of benzene rings is 2. The fraction of sp³-hybridized carbons (Fsp3) is 0.400. The molecule has 3 rings (SSSR count). The molecule has 0 unspecified atom stereocenters. The van der Waals surface area contributed by atoms with E-state index in [4.69, 9.17) is 27.9 Å². The Hall–Kier alpha value is -1.81. The van der Waals surface area contributed by atoms with Crippen LogP contribution < -0.4 is 26.0 Å². The monoisotopic (exact) mass is 544 g/mol. The minimum absolute atomic E-state index is 0. The number of hydrogen-bond donors (Lipinski definition) is 4. The minimum atomic E-state index is -0.807. The molecular formula is C25H31Cl2N4NaO4. The number of amides is 4. The first kappa shape index (κ1) is 30.4. The van der Waals surface area contributed by atoms with Crippen molar-refractivity contribution < 1.29 is 19.1 Å². The van der Waals surface area contributed by atoms with Crippen LogP contribution in [0.15, 0.2) is 36.4 Å². The molecule has 8 nitrogen and oxygen atoms in total. The first-order valence-electron chi connectivity index (χ1n) is 11.1. The number of ether oxygens (including phenoxy) is 1. The summed E-state index contributed by atoms with van der Waals surface area (Å²) in [6, 6.07) is 8.21. The van der Waals surface area contributed by atoms with Gasteiger partial charge in [0.05, 0.1) is 23.4 Å². The van der Waals surface area contributed by atoms with Gasteiger partial charge in [0.15, 0.2) is 0 Å². The zero-order chi connectivity index (χ0) is 26.0. The molecule has 190 valence electrons. The number of carbonyl (C=O) groups is 3. The zero-order valence-corrected chi connectivity index (χ0v) is 21.9. The molecule has 36 heavy (non-hydrogen) atoms. The molecule has 1 aliphatic rings. The van der Waals surface area contributed by atoms with E-state index in [-0.39, 0.29) is 68.9 Å². The van der Waals surface area contributed by atoms with Crippen molar-refractivity contribution in [3.8, 4) is 5.75 Å². The number of halogens is 2. The van der Waals surface area contributed by atoms with E-state index in [1.54, 1.807) is 12.1 Å². The summed E-state index contributed by atoms with van der Waals surface area (Å²) in [6.07, 6.45) is 1.56. The van der Waals surface area contributed by atoms with Gasteiger partial charge in [-0.2, -0.15) is 0 Å². The van der Waals surface area contributed by atoms with Gasteiger partial charge in [-0.25, -0.2) is 4.79 Å². The van der Waals surface area contributed by atoms with Gasteiger partial charge in [0, 0.05) is 27.7 Å². The Kier molecular flexibility index (Phi) is 10.3. The van der Waals surface area contributed by atoms with Gasteiger partial charge in [-0.05, 0) is 76.9 Å². The molecule has 1 saturated heterocycles. The van der Waals surface area contributed by atoms with E-state index in [0.717, 1.165) is 12.8 Å². The molecule has 4 N–H and O–H groups in total. The molecule has 2 aromatic carbocycles. The third-order valence-electron chi connectivity index (χ3n) is 5.64. The summed E-state index contributed by atoms with van der Waals surface area (Å²) in [5, 5.41) is 11.9.